The van der Waals surface area contributed by atoms with Crippen molar-refractivity contribution in [3.05, 3.63) is 48.6 Å². The summed E-state index contributed by atoms with van der Waals surface area (Å²) in [6, 6.07) is 0. The van der Waals surface area contributed by atoms with Crippen LogP contribution in [0, 0.1) is 0 Å². The van der Waals surface area contributed by atoms with E-state index in [-0.39, 0.29) is 0 Å². The molecule has 0 spiro atoms. The van der Waals surface area contributed by atoms with Gasteiger partial charge in [0.1, 0.15) is 0 Å². The average molecular weight is 186 g/mol. The fraction of sp³-hybridized carbons (Fsp3) is 0.167. The monoisotopic (exact) mass is 186 g/mol. The lowest BCUT2D eigenvalue weighted by Gasteiger charge is -1.98. The summed E-state index contributed by atoms with van der Waals surface area (Å²) < 4.78 is 0. The van der Waals surface area contributed by atoms with Gasteiger partial charge >= 0.3 is 0 Å². The van der Waals surface area contributed by atoms with Gasteiger partial charge in [-0.25, -0.2) is 0 Å². The first-order valence-corrected chi connectivity index (χ1v) is 4.60. The molecule has 0 N–H and O–H groups in total. The fourth-order valence-electron chi connectivity index (χ4n) is 1.11. The molecule has 0 aliphatic heterocycles. The van der Waals surface area contributed by atoms with Gasteiger partial charge in [0.25, 0.3) is 0 Å². The lowest BCUT2D eigenvalue weighted by Crippen LogP contribution is -1.95. The molecule has 0 aromatic heterocycles. The first-order valence-electron chi connectivity index (χ1n) is 4.60. The summed E-state index contributed by atoms with van der Waals surface area (Å²) >= 11 is 0. The molecule has 0 saturated carbocycles. The van der Waals surface area contributed by atoms with Crippen molar-refractivity contribution in [3.63, 3.8) is 0 Å². The van der Waals surface area contributed by atoms with Crippen molar-refractivity contribution in [2.45, 2.75) is 13.3 Å². The van der Waals surface area contributed by atoms with E-state index in [9.17, 15) is 0 Å². The highest BCUT2D eigenvalue weighted by Crippen LogP contribution is 2.08. The predicted octanol–water partition coefficient (Wildman–Crippen LogP) is 3.06. The Hall–Kier alpha value is -1.70. The summed E-state index contributed by atoms with van der Waals surface area (Å²) in [6.07, 6.45) is 14.5. The lowest BCUT2D eigenvalue weighted by molar-refractivity contribution is 1.24. The van der Waals surface area contributed by atoms with Crippen molar-refractivity contribution in [3.8, 4) is 0 Å². The molecule has 0 bridgehead atoms. The number of nitrogens with zero attached hydrogens (tertiary/aromatic N) is 2. The Labute approximate surface area is 84.8 Å². The molecule has 0 aromatic carbocycles. The van der Waals surface area contributed by atoms with Gasteiger partial charge in [-0.05, 0) is 25.0 Å². The van der Waals surface area contributed by atoms with Crippen molar-refractivity contribution in [2.24, 2.45) is 10.2 Å². The van der Waals surface area contributed by atoms with Crippen molar-refractivity contribution < 1.29 is 0 Å². The van der Waals surface area contributed by atoms with Crippen LogP contribution in [-0.4, -0.2) is 11.9 Å². The molecule has 0 aromatic rings. The Morgan fingerprint density at radius 2 is 2.36 bits per heavy atom. The highest BCUT2D eigenvalue weighted by molar-refractivity contribution is 6.10. The van der Waals surface area contributed by atoms with Gasteiger partial charge in [-0.3, -0.25) is 0 Å². The van der Waals surface area contributed by atoms with Gasteiger partial charge in [-0.15, -0.1) is 0 Å². The standard InChI is InChI=1S/C12H14N2/c1-3-12(14-13-4-2)11-9-7-5-6-8-10-11/h3-7,9-10H,1,8H2,2H3/b13-4+,14-12-. The van der Waals surface area contributed by atoms with Gasteiger partial charge in [0.15, 0.2) is 0 Å². The van der Waals surface area contributed by atoms with Gasteiger partial charge in [0, 0.05) is 6.21 Å². The minimum Gasteiger partial charge on any atom is -0.163 e. The molecule has 0 fully saturated rings. The van der Waals surface area contributed by atoms with Crippen LogP contribution in [0.2, 0.25) is 0 Å². The summed E-state index contributed by atoms with van der Waals surface area (Å²) in [5.41, 5.74) is 1.87. The second-order valence-electron chi connectivity index (χ2n) is 2.75. The Morgan fingerprint density at radius 1 is 1.50 bits per heavy atom. The van der Waals surface area contributed by atoms with Crippen molar-refractivity contribution in [1.82, 2.24) is 0 Å². The smallest absolute Gasteiger partial charge is 0.0919 e. The van der Waals surface area contributed by atoms with E-state index in [1.165, 1.54) is 0 Å². The SMILES string of the molecule is C=C/C(=N/N=C/C)C1=CCC=CC=C1. The Balaban J connectivity index is 2.89. The van der Waals surface area contributed by atoms with Crippen LogP contribution in [0.3, 0.4) is 0 Å². The van der Waals surface area contributed by atoms with Crippen LogP contribution in [0.15, 0.2) is 58.8 Å². The molecule has 0 amide bonds. The van der Waals surface area contributed by atoms with E-state index < -0.39 is 0 Å². The quantitative estimate of drug-likeness (QED) is 0.478. The maximum absolute atomic E-state index is 4.05. The minimum absolute atomic E-state index is 0.808. The molecular weight excluding hydrogens is 172 g/mol. The first-order chi connectivity index (χ1) is 6.88. The summed E-state index contributed by atoms with van der Waals surface area (Å²) in [5, 5.41) is 7.89. The number of rotatable bonds is 3. The molecule has 14 heavy (non-hydrogen) atoms. The Morgan fingerprint density at radius 3 is 3.07 bits per heavy atom. The van der Waals surface area contributed by atoms with Crippen LogP contribution in [-0.2, 0) is 0 Å². The number of hydrogen-bond acceptors (Lipinski definition) is 2. The molecule has 1 rings (SSSR count). The summed E-state index contributed by atoms with van der Waals surface area (Å²) in [5.74, 6) is 0. The maximum Gasteiger partial charge on any atom is 0.0919 e. The summed E-state index contributed by atoms with van der Waals surface area (Å²) in [6.45, 7) is 5.56. The predicted molar refractivity (Wildman–Crippen MR) is 62.8 cm³/mol. The van der Waals surface area contributed by atoms with Crippen LogP contribution >= 0.6 is 0 Å². The van der Waals surface area contributed by atoms with Crippen LogP contribution in [0.5, 0.6) is 0 Å². The molecule has 1 aliphatic rings. The first kappa shape index (κ1) is 10.4. The van der Waals surface area contributed by atoms with Gasteiger partial charge in [0.2, 0.25) is 0 Å². The number of hydrogen-bond donors (Lipinski definition) is 0. The molecule has 72 valence electrons. The molecule has 0 atom stereocenters. The highest BCUT2D eigenvalue weighted by Gasteiger charge is 1.99. The van der Waals surface area contributed by atoms with Gasteiger partial charge in [-0.1, -0.05) is 37.0 Å². The third-order valence-corrected chi connectivity index (χ3v) is 1.77. The zero-order valence-corrected chi connectivity index (χ0v) is 8.35. The van der Waals surface area contributed by atoms with E-state index in [0.717, 1.165) is 17.7 Å². The largest absolute Gasteiger partial charge is 0.163 e. The topological polar surface area (TPSA) is 24.7 Å². The normalized spacial score (nSPS) is 16.9. The van der Waals surface area contributed by atoms with E-state index in [4.69, 9.17) is 0 Å². The van der Waals surface area contributed by atoms with E-state index in [0.29, 0.717) is 0 Å². The molecule has 0 heterocycles. The highest BCUT2D eigenvalue weighted by atomic mass is 15.2. The zero-order valence-electron chi connectivity index (χ0n) is 8.35. The van der Waals surface area contributed by atoms with Crippen LogP contribution in [0.4, 0.5) is 0 Å². The molecule has 2 nitrogen and oxygen atoms in total. The average Bonchev–Trinajstić information content (AvgIpc) is 2.48. The molecular formula is C12H14N2. The van der Waals surface area contributed by atoms with E-state index >= 15 is 0 Å². The Bertz CT molecular complexity index is 341. The van der Waals surface area contributed by atoms with Crippen LogP contribution in [0.25, 0.3) is 0 Å². The molecule has 0 saturated heterocycles. The van der Waals surface area contributed by atoms with Gasteiger partial charge < -0.3 is 0 Å². The van der Waals surface area contributed by atoms with Crippen molar-refractivity contribution in [1.29, 1.82) is 0 Å². The zero-order chi connectivity index (χ0) is 10.2. The van der Waals surface area contributed by atoms with E-state index in [1.54, 1.807) is 12.3 Å². The molecule has 1 aliphatic carbocycles. The lowest BCUT2D eigenvalue weighted by atomic mass is 10.1. The van der Waals surface area contributed by atoms with Crippen LogP contribution < -0.4 is 0 Å². The van der Waals surface area contributed by atoms with Crippen molar-refractivity contribution in [2.75, 3.05) is 0 Å². The maximum atomic E-state index is 4.05. The van der Waals surface area contributed by atoms with Gasteiger partial charge in [-0.2, -0.15) is 10.2 Å². The third-order valence-electron chi connectivity index (χ3n) is 1.77. The van der Waals surface area contributed by atoms with E-state index in [2.05, 4.69) is 28.9 Å². The second-order valence-corrected chi connectivity index (χ2v) is 2.75. The minimum atomic E-state index is 0.808. The molecule has 0 unspecified atom stereocenters. The Kier molecular flexibility index (Phi) is 4.35. The van der Waals surface area contributed by atoms with Crippen molar-refractivity contribution >= 4 is 11.9 Å². The third kappa shape index (κ3) is 2.98. The van der Waals surface area contributed by atoms with E-state index in [1.807, 2.05) is 25.2 Å². The van der Waals surface area contributed by atoms with Gasteiger partial charge in [0.05, 0.1) is 5.71 Å². The fourth-order valence-corrected chi connectivity index (χ4v) is 1.11. The summed E-state index contributed by atoms with van der Waals surface area (Å²) in [4.78, 5) is 0. The summed E-state index contributed by atoms with van der Waals surface area (Å²) in [7, 11) is 0. The second kappa shape index (κ2) is 5.86. The van der Waals surface area contributed by atoms with Crippen LogP contribution in [0.1, 0.15) is 13.3 Å². The molecule has 2 heteroatoms. The molecule has 0 radical (unpaired) electrons. The number of allylic oxidation sites excluding steroid dienone is 7.